The highest BCUT2D eigenvalue weighted by Gasteiger charge is 2.57. The van der Waals surface area contributed by atoms with Gasteiger partial charge in [0.25, 0.3) is 5.91 Å². The van der Waals surface area contributed by atoms with Crippen LogP contribution in [-0.4, -0.2) is 70.6 Å². The Labute approximate surface area is 201 Å². The quantitative estimate of drug-likeness (QED) is 0.599. The van der Waals surface area contributed by atoms with E-state index in [-0.39, 0.29) is 23.6 Å². The van der Waals surface area contributed by atoms with Crippen molar-refractivity contribution in [3.63, 3.8) is 0 Å². The van der Waals surface area contributed by atoms with E-state index >= 15 is 0 Å². The Bertz CT molecular complexity index is 1010. The number of phenolic OH excluding ortho intramolecular Hbond substituents is 1. The molecule has 2 heterocycles. The first kappa shape index (κ1) is 24.1. The zero-order chi connectivity index (χ0) is 24.3. The highest BCUT2D eigenvalue weighted by Crippen LogP contribution is 2.38. The molecule has 3 amide bonds. The molecule has 2 aliphatic heterocycles. The van der Waals surface area contributed by atoms with E-state index in [1.165, 1.54) is 4.90 Å². The number of phenols is 1. The standard InChI is InChI=1S/C27H35N3O4/c1-20(2)18-29-25(32)27(12-15-28(16-13-27)19-22-5-4-6-23(31)17-22)30(26(29)33)14-11-21-7-9-24(34-3)10-8-21/h4-10,17,20,31H,11-16,18-19H2,1-3H3. The molecule has 0 bridgehead atoms. The normalized spacial score (nSPS) is 18.4. The lowest BCUT2D eigenvalue weighted by molar-refractivity contribution is -0.136. The molecule has 2 fully saturated rings. The molecular weight excluding hydrogens is 430 g/mol. The Morgan fingerprint density at radius 1 is 1.03 bits per heavy atom. The molecule has 0 radical (unpaired) electrons. The second-order valence-electron chi connectivity index (χ2n) is 9.82. The second-order valence-corrected chi connectivity index (χ2v) is 9.82. The number of likely N-dealkylation sites (tertiary alicyclic amines) is 1. The van der Waals surface area contributed by atoms with Crippen molar-refractivity contribution in [2.45, 2.75) is 45.2 Å². The minimum atomic E-state index is -0.770. The van der Waals surface area contributed by atoms with Crippen molar-refractivity contribution < 1.29 is 19.4 Å². The Morgan fingerprint density at radius 3 is 2.35 bits per heavy atom. The van der Waals surface area contributed by atoms with Crippen LogP contribution in [0.15, 0.2) is 48.5 Å². The van der Waals surface area contributed by atoms with E-state index in [2.05, 4.69) is 4.90 Å². The summed E-state index contributed by atoms with van der Waals surface area (Å²) in [4.78, 5) is 32.7. The van der Waals surface area contributed by atoms with Crippen LogP contribution < -0.4 is 4.74 Å². The molecule has 2 aromatic rings. The van der Waals surface area contributed by atoms with Crippen LogP contribution in [0, 0.1) is 5.92 Å². The molecule has 2 saturated heterocycles. The number of carbonyl (C=O) groups excluding carboxylic acids is 2. The highest BCUT2D eigenvalue weighted by atomic mass is 16.5. The third-order valence-electron chi connectivity index (χ3n) is 6.95. The Hall–Kier alpha value is -3.06. The number of nitrogens with zero attached hydrogens (tertiary/aromatic N) is 3. The topological polar surface area (TPSA) is 73.3 Å². The van der Waals surface area contributed by atoms with Crippen LogP contribution in [0.1, 0.15) is 37.8 Å². The number of hydrogen-bond acceptors (Lipinski definition) is 5. The lowest BCUT2D eigenvalue weighted by atomic mass is 9.85. The van der Waals surface area contributed by atoms with Crippen molar-refractivity contribution in [3.8, 4) is 11.5 Å². The maximum absolute atomic E-state index is 13.6. The number of amides is 3. The lowest BCUT2D eigenvalue weighted by Gasteiger charge is -2.42. The van der Waals surface area contributed by atoms with Gasteiger partial charge < -0.3 is 14.7 Å². The van der Waals surface area contributed by atoms with E-state index in [4.69, 9.17) is 4.74 Å². The van der Waals surface area contributed by atoms with Crippen molar-refractivity contribution >= 4 is 11.9 Å². The summed E-state index contributed by atoms with van der Waals surface area (Å²) < 4.78 is 5.24. The third kappa shape index (κ3) is 4.89. The van der Waals surface area contributed by atoms with Crippen LogP contribution in [-0.2, 0) is 17.8 Å². The fourth-order valence-electron chi connectivity index (χ4n) is 5.13. The fourth-order valence-corrected chi connectivity index (χ4v) is 5.13. The molecule has 1 spiro atoms. The molecule has 0 saturated carbocycles. The summed E-state index contributed by atoms with van der Waals surface area (Å²) >= 11 is 0. The molecule has 182 valence electrons. The number of carbonyl (C=O) groups is 2. The van der Waals surface area contributed by atoms with Crippen molar-refractivity contribution in [3.05, 3.63) is 59.7 Å². The summed E-state index contributed by atoms with van der Waals surface area (Å²) in [6.07, 6.45) is 1.93. The van der Waals surface area contributed by atoms with Gasteiger partial charge in [-0.3, -0.25) is 14.6 Å². The third-order valence-corrected chi connectivity index (χ3v) is 6.95. The molecule has 7 heteroatoms. The smallest absolute Gasteiger partial charge is 0.327 e. The molecule has 2 aromatic carbocycles. The first-order valence-corrected chi connectivity index (χ1v) is 12.1. The summed E-state index contributed by atoms with van der Waals surface area (Å²) in [6, 6.07) is 15.0. The van der Waals surface area contributed by atoms with Crippen LogP contribution in [0.4, 0.5) is 4.79 Å². The Balaban J connectivity index is 1.49. The molecule has 4 rings (SSSR count). The number of urea groups is 1. The molecule has 7 nitrogen and oxygen atoms in total. The number of piperidine rings is 1. The number of benzene rings is 2. The van der Waals surface area contributed by atoms with Gasteiger partial charge in [0.05, 0.1) is 7.11 Å². The summed E-state index contributed by atoms with van der Waals surface area (Å²) in [5.74, 6) is 1.24. The monoisotopic (exact) mass is 465 g/mol. The van der Waals surface area contributed by atoms with Crippen LogP contribution >= 0.6 is 0 Å². The van der Waals surface area contributed by atoms with Gasteiger partial charge >= 0.3 is 6.03 Å². The summed E-state index contributed by atoms with van der Waals surface area (Å²) in [7, 11) is 1.64. The molecule has 2 aliphatic rings. The van der Waals surface area contributed by atoms with Crippen LogP contribution in [0.5, 0.6) is 11.5 Å². The SMILES string of the molecule is COc1ccc(CCN2C(=O)N(CC(C)C)C(=O)C23CCN(Cc2cccc(O)c2)CC3)cc1. The van der Waals surface area contributed by atoms with Crippen LogP contribution in [0.2, 0.25) is 0 Å². The van der Waals surface area contributed by atoms with E-state index in [9.17, 15) is 14.7 Å². The van der Waals surface area contributed by atoms with Crippen LogP contribution in [0.25, 0.3) is 0 Å². The number of imide groups is 1. The molecule has 0 aliphatic carbocycles. The van der Waals surface area contributed by atoms with Crippen molar-refractivity contribution in [2.24, 2.45) is 5.92 Å². The fraction of sp³-hybridized carbons (Fsp3) is 0.481. The lowest BCUT2D eigenvalue weighted by Crippen LogP contribution is -2.56. The van der Waals surface area contributed by atoms with Crippen molar-refractivity contribution in [1.29, 1.82) is 0 Å². The highest BCUT2D eigenvalue weighted by molar-refractivity contribution is 6.07. The molecule has 0 aromatic heterocycles. The minimum absolute atomic E-state index is 0.0436. The van der Waals surface area contributed by atoms with Gasteiger partial charge in [0.15, 0.2) is 0 Å². The first-order valence-electron chi connectivity index (χ1n) is 12.1. The van der Waals surface area contributed by atoms with Gasteiger partial charge in [0.2, 0.25) is 0 Å². The number of hydrogen-bond donors (Lipinski definition) is 1. The first-order chi connectivity index (χ1) is 16.3. The van der Waals surface area contributed by atoms with Gasteiger partial charge in [-0.25, -0.2) is 4.79 Å². The van der Waals surface area contributed by atoms with Crippen LogP contribution in [0.3, 0.4) is 0 Å². The maximum Gasteiger partial charge on any atom is 0.327 e. The summed E-state index contributed by atoms with van der Waals surface area (Å²) in [6.45, 7) is 7.19. The van der Waals surface area contributed by atoms with E-state index in [1.807, 2.05) is 55.1 Å². The second kappa shape index (κ2) is 10.1. The van der Waals surface area contributed by atoms with E-state index in [0.717, 1.165) is 30.0 Å². The number of ether oxygens (including phenoxy) is 1. The maximum atomic E-state index is 13.6. The zero-order valence-electron chi connectivity index (χ0n) is 20.4. The number of rotatable bonds is 8. The van der Waals surface area contributed by atoms with E-state index in [1.54, 1.807) is 19.2 Å². The van der Waals surface area contributed by atoms with Gasteiger partial charge in [0, 0.05) is 32.7 Å². The molecular formula is C27H35N3O4. The average molecular weight is 466 g/mol. The van der Waals surface area contributed by atoms with Gasteiger partial charge in [-0.05, 0) is 60.6 Å². The van der Waals surface area contributed by atoms with Gasteiger partial charge in [-0.1, -0.05) is 38.1 Å². The molecule has 34 heavy (non-hydrogen) atoms. The number of aromatic hydroxyl groups is 1. The van der Waals surface area contributed by atoms with Crippen molar-refractivity contribution in [2.75, 3.05) is 33.3 Å². The molecule has 0 atom stereocenters. The largest absolute Gasteiger partial charge is 0.508 e. The Morgan fingerprint density at radius 2 is 1.74 bits per heavy atom. The van der Waals surface area contributed by atoms with E-state index in [0.29, 0.717) is 38.9 Å². The minimum Gasteiger partial charge on any atom is -0.508 e. The average Bonchev–Trinajstić information content (AvgIpc) is 3.00. The van der Waals surface area contributed by atoms with Gasteiger partial charge in [-0.2, -0.15) is 0 Å². The predicted molar refractivity (Wildman–Crippen MR) is 131 cm³/mol. The van der Waals surface area contributed by atoms with E-state index < -0.39 is 5.54 Å². The molecule has 1 N–H and O–H groups in total. The number of methoxy groups -OCH3 is 1. The van der Waals surface area contributed by atoms with Crippen molar-refractivity contribution in [1.82, 2.24) is 14.7 Å². The van der Waals surface area contributed by atoms with Gasteiger partial charge in [0.1, 0.15) is 17.0 Å². The molecule has 0 unspecified atom stereocenters. The summed E-state index contributed by atoms with van der Waals surface area (Å²) in [5.41, 5.74) is 1.38. The zero-order valence-corrected chi connectivity index (χ0v) is 20.4. The van der Waals surface area contributed by atoms with Gasteiger partial charge in [-0.15, -0.1) is 0 Å². The summed E-state index contributed by atoms with van der Waals surface area (Å²) in [5, 5.41) is 9.77. The predicted octanol–water partition coefficient (Wildman–Crippen LogP) is 3.90. The Kier molecular flexibility index (Phi) is 7.12.